The second kappa shape index (κ2) is 5.11. The van der Waals surface area contributed by atoms with Gasteiger partial charge in [0.05, 0.1) is 5.69 Å². The molecule has 4 nitrogen and oxygen atoms in total. The van der Waals surface area contributed by atoms with Gasteiger partial charge in [0.15, 0.2) is 5.75 Å². The molecule has 4 heteroatoms. The van der Waals surface area contributed by atoms with E-state index in [2.05, 4.69) is 13.8 Å². The summed E-state index contributed by atoms with van der Waals surface area (Å²) in [5, 5.41) is 9.75. The molecule has 104 valence electrons. The van der Waals surface area contributed by atoms with Crippen LogP contribution in [0.2, 0.25) is 0 Å². The number of phenolic OH excluding ortho intramolecular Hbond substituents is 1. The number of hydrogen-bond acceptors (Lipinski definition) is 4. The highest BCUT2D eigenvalue weighted by Gasteiger charge is 2.29. The number of anilines is 1. The molecule has 0 atom stereocenters. The highest BCUT2D eigenvalue weighted by molar-refractivity contribution is 5.94. The maximum atomic E-state index is 12.0. The van der Waals surface area contributed by atoms with Crippen LogP contribution >= 0.6 is 0 Å². The molecular weight excluding hydrogens is 242 g/mol. The number of nitrogens with two attached hydrogens (primary N) is 1. The minimum Gasteiger partial charge on any atom is -0.505 e. The van der Waals surface area contributed by atoms with Gasteiger partial charge < -0.3 is 15.6 Å². The maximum absolute atomic E-state index is 12.0. The monoisotopic (exact) mass is 263 g/mol. The Morgan fingerprint density at radius 1 is 1.37 bits per heavy atom. The first-order valence-electron chi connectivity index (χ1n) is 6.67. The Morgan fingerprint density at radius 2 is 2.00 bits per heavy atom. The van der Waals surface area contributed by atoms with Crippen LogP contribution in [0.15, 0.2) is 18.2 Å². The molecule has 0 saturated heterocycles. The van der Waals surface area contributed by atoms with Crippen LogP contribution in [0.1, 0.15) is 49.9 Å². The summed E-state index contributed by atoms with van der Waals surface area (Å²) in [5.74, 6) is -0.682. The third kappa shape index (κ3) is 3.19. The topological polar surface area (TPSA) is 72.5 Å². The molecule has 1 aliphatic carbocycles. The number of carbonyl (C=O) groups excluding carboxylic acids is 1. The fraction of sp³-hybridized carbons (Fsp3) is 0.533. The fourth-order valence-corrected chi connectivity index (χ4v) is 2.43. The Kier molecular flexibility index (Phi) is 3.69. The second-order valence-corrected chi connectivity index (χ2v) is 6.01. The SMILES string of the molecule is CC1(C)CCC(OC(=O)c2cccc(N)c2O)CC1. The van der Waals surface area contributed by atoms with Gasteiger partial charge in [-0.15, -0.1) is 0 Å². The Bertz CT molecular complexity index is 472. The summed E-state index contributed by atoms with van der Waals surface area (Å²) >= 11 is 0. The highest BCUT2D eigenvalue weighted by atomic mass is 16.5. The summed E-state index contributed by atoms with van der Waals surface area (Å²) in [7, 11) is 0. The van der Waals surface area contributed by atoms with E-state index in [4.69, 9.17) is 10.5 Å². The number of benzene rings is 1. The Morgan fingerprint density at radius 3 is 2.63 bits per heavy atom. The van der Waals surface area contributed by atoms with Gasteiger partial charge in [0.1, 0.15) is 11.7 Å². The Labute approximate surface area is 113 Å². The summed E-state index contributed by atoms with van der Waals surface area (Å²) in [6.07, 6.45) is 3.80. The first kappa shape index (κ1) is 13.7. The molecule has 1 saturated carbocycles. The van der Waals surface area contributed by atoms with E-state index in [1.807, 2.05) is 0 Å². The molecule has 0 unspecified atom stereocenters. The molecule has 0 radical (unpaired) electrons. The number of para-hydroxylation sites is 1. The van der Waals surface area contributed by atoms with E-state index >= 15 is 0 Å². The lowest BCUT2D eigenvalue weighted by Crippen LogP contribution is -2.28. The predicted molar refractivity (Wildman–Crippen MR) is 74.0 cm³/mol. The van der Waals surface area contributed by atoms with Crippen LogP contribution in [0.3, 0.4) is 0 Å². The van der Waals surface area contributed by atoms with Gasteiger partial charge in [-0.2, -0.15) is 0 Å². The van der Waals surface area contributed by atoms with Gasteiger partial charge >= 0.3 is 5.97 Å². The van der Waals surface area contributed by atoms with Crippen molar-refractivity contribution in [2.75, 3.05) is 5.73 Å². The molecule has 0 heterocycles. The molecule has 0 spiro atoms. The Hall–Kier alpha value is -1.71. The van der Waals surface area contributed by atoms with Crippen molar-refractivity contribution in [1.82, 2.24) is 0 Å². The average molecular weight is 263 g/mol. The lowest BCUT2D eigenvalue weighted by molar-refractivity contribution is 0.00926. The van der Waals surface area contributed by atoms with Crippen molar-refractivity contribution in [3.8, 4) is 5.75 Å². The normalized spacial score (nSPS) is 19.1. The summed E-state index contributed by atoms with van der Waals surface area (Å²) < 4.78 is 5.45. The number of esters is 1. The molecule has 3 N–H and O–H groups in total. The molecule has 1 aromatic carbocycles. The van der Waals surface area contributed by atoms with E-state index in [9.17, 15) is 9.90 Å². The van der Waals surface area contributed by atoms with Crippen molar-refractivity contribution in [3.63, 3.8) is 0 Å². The van der Waals surface area contributed by atoms with Gasteiger partial charge in [0.25, 0.3) is 0 Å². The third-order valence-electron chi connectivity index (χ3n) is 3.85. The second-order valence-electron chi connectivity index (χ2n) is 6.01. The van der Waals surface area contributed by atoms with Crippen LogP contribution in [0, 0.1) is 5.41 Å². The molecule has 1 aromatic rings. The van der Waals surface area contributed by atoms with Gasteiger partial charge in [0.2, 0.25) is 0 Å². The van der Waals surface area contributed by atoms with Crippen LogP contribution in [-0.2, 0) is 4.74 Å². The molecule has 2 rings (SSSR count). The van der Waals surface area contributed by atoms with E-state index in [1.165, 1.54) is 6.07 Å². The number of phenols is 1. The Balaban J connectivity index is 2.00. The number of aromatic hydroxyl groups is 1. The minimum atomic E-state index is -0.491. The third-order valence-corrected chi connectivity index (χ3v) is 3.85. The molecule has 0 aliphatic heterocycles. The van der Waals surface area contributed by atoms with Crippen molar-refractivity contribution >= 4 is 11.7 Å². The minimum absolute atomic E-state index is 0.0543. The summed E-state index contributed by atoms with van der Waals surface area (Å²) in [5.41, 5.74) is 6.24. The van der Waals surface area contributed by atoms with Crippen LogP contribution in [-0.4, -0.2) is 17.2 Å². The lowest BCUT2D eigenvalue weighted by Gasteiger charge is -2.33. The van der Waals surface area contributed by atoms with Crippen molar-refractivity contribution in [1.29, 1.82) is 0 Å². The van der Waals surface area contributed by atoms with Crippen LogP contribution in [0.25, 0.3) is 0 Å². The predicted octanol–water partition coefficient (Wildman–Crippen LogP) is 3.10. The molecule has 0 bridgehead atoms. The van der Waals surface area contributed by atoms with E-state index < -0.39 is 5.97 Å². The fourth-order valence-electron chi connectivity index (χ4n) is 2.43. The summed E-state index contributed by atoms with van der Waals surface area (Å²) in [6.45, 7) is 4.46. The van der Waals surface area contributed by atoms with Crippen molar-refractivity contribution in [3.05, 3.63) is 23.8 Å². The number of hydrogen-bond donors (Lipinski definition) is 2. The molecule has 0 aromatic heterocycles. The number of nitrogen functional groups attached to an aromatic ring is 1. The first-order chi connectivity index (χ1) is 8.89. The van der Waals surface area contributed by atoms with Crippen molar-refractivity contribution in [2.24, 2.45) is 5.41 Å². The first-order valence-corrected chi connectivity index (χ1v) is 6.67. The zero-order valence-electron chi connectivity index (χ0n) is 11.5. The number of rotatable bonds is 2. The average Bonchev–Trinajstić information content (AvgIpc) is 2.35. The van der Waals surface area contributed by atoms with E-state index in [0.717, 1.165) is 25.7 Å². The van der Waals surface area contributed by atoms with E-state index in [0.29, 0.717) is 5.41 Å². The van der Waals surface area contributed by atoms with Gasteiger partial charge in [-0.25, -0.2) is 4.79 Å². The summed E-state index contributed by atoms with van der Waals surface area (Å²) in [6, 6.07) is 4.71. The van der Waals surface area contributed by atoms with Crippen LogP contribution in [0.5, 0.6) is 5.75 Å². The zero-order valence-corrected chi connectivity index (χ0v) is 11.5. The van der Waals surface area contributed by atoms with E-state index in [1.54, 1.807) is 12.1 Å². The molecule has 1 aliphatic rings. The quantitative estimate of drug-likeness (QED) is 0.488. The molecule has 19 heavy (non-hydrogen) atoms. The largest absolute Gasteiger partial charge is 0.505 e. The maximum Gasteiger partial charge on any atom is 0.342 e. The number of carbonyl (C=O) groups is 1. The van der Waals surface area contributed by atoms with Gasteiger partial charge in [-0.1, -0.05) is 19.9 Å². The smallest absolute Gasteiger partial charge is 0.342 e. The van der Waals surface area contributed by atoms with E-state index in [-0.39, 0.29) is 23.1 Å². The van der Waals surface area contributed by atoms with Crippen molar-refractivity contribution < 1.29 is 14.6 Å². The van der Waals surface area contributed by atoms with Gasteiger partial charge in [-0.05, 0) is 43.2 Å². The zero-order chi connectivity index (χ0) is 14.0. The molecule has 0 amide bonds. The van der Waals surface area contributed by atoms with Crippen LogP contribution in [0.4, 0.5) is 5.69 Å². The highest BCUT2D eigenvalue weighted by Crippen LogP contribution is 2.36. The van der Waals surface area contributed by atoms with Crippen molar-refractivity contribution in [2.45, 2.75) is 45.6 Å². The molecular formula is C15H21NO3. The standard InChI is InChI=1S/C15H21NO3/c1-15(2)8-6-10(7-9-15)19-14(18)11-4-3-5-12(16)13(11)17/h3-5,10,17H,6-9,16H2,1-2H3. The van der Waals surface area contributed by atoms with Gasteiger partial charge in [-0.3, -0.25) is 0 Å². The molecule has 1 fully saturated rings. The summed E-state index contributed by atoms with van der Waals surface area (Å²) in [4.78, 5) is 12.0. The lowest BCUT2D eigenvalue weighted by atomic mass is 9.76. The number of ether oxygens (including phenoxy) is 1. The van der Waals surface area contributed by atoms with Gasteiger partial charge in [0, 0.05) is 0 Å². The van der Waals surface area contributed by atoms with Crippen LogP contribution < -0.4 is 5.73 Å².